The molecule has 0 radical (unpaired) electrons. The van der Waals surface area contributed by atoms with Crippen molar-refractivity contribution in [3.63, 3.8) is 0 Å². The smallest absolute Gasteiger partial charge is 0.391 e. The van der Waals surface area contributed by atoms with E-state index < -0.39 is 29.8 Å². The minimum Gasteiger partial charge on any atom is -0.493 e. The molecule has 0 heterocycles. The predicted octanol–water partition coefficient (Wildman–Crippen LogP) is 4.00. The van der Waals surface area contributed by atoms with E-state index in [4.69, 9.17) is 9.47 Å². The van der Waals surface area contributed by atoms with E-state index in [0.29, 0.717) is 30.9 Å². The summed E-state index contributed by atoms with van der Waals surface area (Å²) in [6.07, 6.45) is -1.98. The summed E-state index contributed by atoms with van der Waals surface area (Å²) in [6, 6.07) is 4.59. The number of rotatable bonds is 7. The minimum absolute atomic E-state index is 0.0338. The molecule has 0 spiro atoms. The van der Waals surface area contributed by atoms with Crippen molar-refractivity contribution in [3.05, 3.63) is 23.8 Å². The summed E-state index contributed by atoms with van der Waals surface area (Å²) in [5.41, 5.74) is 4.72. The lowest BCUT2D eigenvalue weighted by molar-refractivity contribution is -0.186. The summed E-state index contributed by atoms with van der Waals surface area (Å²) in [5.74, 6) is -2.59. The van der Waals surface area contributed by atoms with Gasteiger partial charge in [-0.25, -0.2) is 0 Å². The Morgan fingerprint density at radius 1 is 1.17 bits per heavy atom. The molecule has 29 heavy (non-hydrogen) atoms. The molecule has 2 amide bonds. The van der Waals surface area contributed by atoms with Crippen molar-refractivity contribution in [2.75, 3.05) is 13.7 Å². The number of hydrazine groups is 1. The maximum atomic E-state index is 12.9. The first kappa shape index (κ1) is 22.8. The number of halogens is 3. The molecule has 9 heteroatoms. The van der Waals surface area contributed by atoms with Crippen molar-refractivity contribution in [2.24, 2.45) is 11.8 Å². The van der Waals surface area contributed by atoms with E-state index in [1.54, 1.807) is 6.07 Å². The molecule has 0 unspecified atom stereocenters. The van der Waals surface area contributed by atoms with Gasteiger partial charge in [-0.15, -0.1) is 0 Å². The maximum Gasteiger partial charge on any atom is 0.391 e. The van der Waals surface area contributed by atoms with Crippen LogP contribution in [0.3, 0.4) is 0 Å². The second-order valence-electron chi connectivity index (χ2n) is 7.11. The Labute approximate surface area is 168 Å². The quantitative estimate of drug-likeness (QED) is 0.520. The number of amides is 2. The van der Waals surface area contributed by atoms with E-state index in [9.17, 15) is 22.8 Å². The van der Waals surface area contributed by atoms with Crippen molar-refractivity contribution in [2.45, 2.75) is 51.6 Å². The van der Waals surface area contributed by atoms with Crippen LogP contribution in [0, 0.1) is 11.8 Å². The number of ether oxygens (including phenoxy) is 2. The van der Waals surface area contributed by atoms with Crippen LogP contribution < -0.4 is 20.3 Å². The van der Waals surface area contributed by atoms with Gasteiger partial charge in [-0.05, 0) is 43.9 Å². The van der Waals surface area contributed by atoms with Crippen molar-refractivity contribution >= 4 is 11.8 Å². The predicted molar refractivity (Wildman–Crippen MR) is 101 cm³/mol. The Hall–Kier alpha value is -2.45. The third-order valence-corrected chi connectivity index (χ3v) is 4.99. The van der Waals surface area contributed by atoms with Gasteiger partial charge in [-0.2, -0.15) is 13.2 Å². The number of carbonyl (C=O) groups excluding carboxylic acids is 2. The standard InChI is InChI=1S/C20H27F3N2O4/c1-3-4-10-29-16-9-8-14(12-17(16)28-2)19(27)25-24-18(26)13-6-5-7-15(11-13)20(21,22)23/h8-9,12-13,15H,3-7,10-11H2,1-2H3,(H,24,26)(H,25,27)/t13-,15-/m0/s1. The van der Waals surface area contributed by atoms with Crippen molar-refractivity contribution in [1.82, 2.24) is 10.9 Å². The molecular weight excluding hydrogens is 389 g/mol. The van der Waals surface area contributed by atoms with Crippen LogP contribution >= 0.6 is 0 Å². The number of hydrogen-bond acceptors (Lipinski definition) is 4. The molecule has 2 atom stereocenters. The van der Waals surface area contributed by atoms with E-state index >= 15 is 0 Å². The Bertz CT molecular complexity index is 709. The molecule has 1 aromatic carbocycles. The normalized spacial score (nSPS) is 19.3. The van der Waals surface area contributed by atoms with Crippen LogP contribution in [0.4, 0.5) is 13.2 Å². The lowest BCUT2D eigenvalue weighted by Crippen LogP contribution is -2.46. The summed E-state index contributed by atoms with van der Waals surface area (Å²) in [4.78, 5) is 24.5. The van der Waals surface area contributed by atoms with Gasteiger partial charge >= 0.3 is 6.18 Å². The number of benzene rings is 1. The van der Waals surface area contributed by atoms with Crippen molar-refractivity contribution < 1.29 is 32.2 Å². The molecule has 1 aliphatic rings. The Balaban J connectivity index is 1.92. The van der Waals surface area contributed by atoms with Crippen molar-refractivity contribution in [1.29, 1.82) is 0 Å². The van der Waals surface area contributed by atoms with Gasteiger partial charge in [-0.3, -0.25) is 20.4 Å². The van der Waals surface area contributed by atoms with Gasteiger partial charge in [0, 0.05) is 11.5 Å². The molecule has 2 N–H and O–H groups in total. The molecule has 1 saturated carbocycles. The zero-order chi connectivity index (χ0) is 21.4. The second kappa shape index (κ2) is 10.4. The average molecular weight is 416 g/mol. The first-order valence-electron chi connectivity index (χ1n) is 9.74. The van der Waals surface area contributed by atoms with E-state index in [1.165, 1.54) is 19.2 Å². The Morgan fingerprint density at radius 3 is 2.59 bits per heavy atom. The fraction of sp³-hybridized carbons (Fsp3) is 0.600. The number of methoxy groups -OCH3 is 1. The first-order chi connectivity index (χ1) is 13.8. The van der Waals surface area contributed by atoms with Gasteiger partial charge in [0.1, 0.15) is 0 Å². The third kappa shape index (κ3) is 6.54. The molecule has 0 aliphatic heterocycles. The molecule has 0 saturated heterocycles. The molecule has 1 aromatic rings. The van der Waals surface area contributed by atoms with E-state index in [1.807, 2.05) is 6.92 Å². The fourth-order valence-corrected chi connectivity index (χ4v) is 3.27. The Morgan fingerprint density at radius 2 is 1.93 bits per heavy atom. The van der Waals surface area contributed by atoms with Gasteiger partial charge in [0.15, 0.2) is 11.5 Å². The largest absolute Gasteiger partial charge is 0.493 e. The van der Waals surface area contributed by atoms with Gasteiger partial charge in [-0.1, -0.05) is 19.8 Å². The molecule has 1 aliphatic carbocycles. The minimum atomic E-state index is -4.31. The molecule has 6 nitrogen and oxygen atoms in total. The number of alkyl halides is 3. The molecule has 0 bridgehead atoms. The van der Waals surface area contributed by atoms with Gasteiger partial charge < -0.3 is 9.47 Å². The molecule has 162 valence electrons. The van der Waals surface area contributed by atoms with E-state index in [-0.39, 0.29) is 18.4 Å². The molecule has 2 rings (SSSR count). The van der Waals surface area contributed by atoms with Crippen LogP contribution in [-0.2, 0) is 4.79 Å². The summed E-state index contributed by atoms with van der Waals surface area (Å²) >= 11 is 0. The number of nitrogens with one attached hydrogen (secondary N) is 2. The zero-order valence-electron chi connectivity index (χ0n) is 16.6. The highest BCUT2D eigenvalue weighted by Gasteiger charge is 2.43. The second-order valence-corrected chi connectivity index (χ2v) is 7.11. The van der Waals surface area contributed by atoms with Crippen molar-refractivity contribution in [3.8, 4) is 11.5 Å². The van der Waals surface area contributed by atoms with E-state index in [0.717, 1.165) is 12.8 Å². The van der Waals surface area contributed by atoms with Gasteiger partial charge in [0.05, 0.1) is 19.6 Å². The highest BCUT2D eigenvalue weighted by Crippen LogP contribution is 2.39. The van der Waals surface area contributed by atoms with Crippen LogP contribution in [0.5, 0.6) is 11.5 Å². The molecule has 1 fully saturated rings. The zero-order valence-corrected chi connectivity index (χ0v) is 16.6. The number of carbonyl (C=O) groups is 2. The fourth-order valence-electron chi connectivity index (χ4n) is 3.27. The number of hydrogen-bond donors (Lipinski definition) is 2. The summed E-state index contributed by atoms with van der Waals surface area (Å²) in [6.45, 7) is 2.56. The molecular formula is C20H27F3N2O4. The maximum absolute atomic E-state index is 12.9. The van der Waals surface area contributed by atoms with Gasteiger partial charge in [0.25, 0.3) is 5.91 Å². The van der Waals surface area contributed by atoms with Crippen LogP contribution in [-0.4, -0.2) is 31.7 Å². The lowest BCUT2D eigenvalue weighted by atomic mass is 9.80. The SMILES string of the molecule is CCCCOc1ccc(C(=O)NNC(=O)[C@H]2CCC[C@H](C(F)(F)F)C2)cc1OC. The highest BCUT2D eigenvalue weighted by molar-refractivity contribution is 5.96. The van der Waals surface area contributed by atoms with Gasteiger partial charge in [0.2, 0.25) is 5.91 Å². The highest BCUT2D eigenvalue weighted by atomic mass is 19.4. The number of unbranched alkanes of at least 4 members (excludes halogenated alkanes) is 1. The summed E-state index contributed by atoms with van der Waals surface area (Å²) < 4.78 is 49.5. The van der Waals surface area contributed by atoms with Crippen LogP contribution in [0.2, 0.25) is 0 Å². The van der Waals surface area contributed by atoms with E-state index in [2.05, 4.69) is 10.9 Å². The Kier molecular flexibility index (Phi) is 8.16. The topological polar surface area (TPSA) is 76.7 Å². The molecule has 0 aromatic heterocycles. The monoisotopic (exact) mass is 416 g/mol. The third-order valence-electron chi connectivity index (χ3n) is 4.99. The van der Waals surface area contributed by atoms with Crippen LogP contribution in [0.25, 0.3) is 0 Å². The van der Waals surface area contributed by atoms with Crippen LogP contribution in [0.15, 0.2) is 18.2 Å². The summed E-state index contributed by atoms with van der Waals surface area (Å²) in [7, 11) is 1.45. The lowest BCUT2D eigenvalue weighted by Gasteiger charge is -2.29. The average Bonchev–Trinajstić information content (AvgIpc) is 2.71. The van der Waals surface area contributed by atoms with Crippen LogP contribution in [0.1, 0.15) is 55.8 Å². The summed E-state index contributed by atoms with van der Waals surface area (Å²) in [5, 5.41) is 0. The first-order valence-corrected chi connectivity index (χ1v) is 9.74.